The lowest BCUT2D eigenvalue weighted by molar-refractivity contribution is -0.121. The number of aromatic nitrogens is 2. The number of carbonyl (C=O) groups is 1. The molecular weight excluding hydrogens is 354 g/mol. The van der Waals surface area contributed by atoms with Crippen molar-refractivity contribution in [1.82, 2.24) is 15.5 Å². The van der Waals surface area contributed by atoms with Crippen LogP contribution in [0.3, 0.4) is 0 Å². The van der Waals surface area contributed by atoms with Crippen LogP contribution in [0.1, 0.15) is 17.0 Å². The Morgan fingerprint density at radius 2 is 2.07 bits per heavy atom. The number of nitrogens with one attached hydrogen (secondary N) is 2. The van der Waals surface area contributed by atoms with Crippen LogP contribution < -0.4 is 10.6 Å². The third kappa shape index (κ3) is 3.38. The number of aryl methyl sites for hydroxylation is 1. The van der Waals surface area contributed by atoms with Gasteiger partial charge in [-0.15, -0.1) is 0 Å². The van der Waals surface area contributed by atoms with Gasteiger partial charge in [0.2, 0.25) is 5.91 Å². The summed E-state index contributed by atoms with van der Waals surface area (Å²) in [5.74, 6) is -1.94. The molecular formula is C19H16F2N4O2. The van der Waals surface area contributed by atoms with Crippen molar-refractivity contribution in [2.24, 2.45) is 0 Å². The van der Waals surface area contributed by atoms with E-state index in [0.29, 0.717) is 6.42 Å². The first-order chi connectivity index (χ1) is 13.0. The fourth-order valence-corrected chi connectivity index (χ4v) is 3.07. The van der Waals surface area contributed by atoms with E-state index < -0.39 is 17.7 Å². The maximum atomic E-state index is 13.8. The number of hydrogen-bond donors (Lipinski definition) is 2. The molecule has 3 aromatic rings. The van der Waals surface area contributed by atoms with Gasteiger partial charge in [-0.25, -0.2) is 8.78 Å². The summed E-state index contributed by atoms with van der Waals surface area (Å²) in [6.45, 7) is 1.99. The van der Waals surface area contributed by atoms with Crippen LogP contribution in [-0.2, 0) is 17.8 Å². The average molecular weight is 370 g/mol. The fraction of sp³-hybridized carbons (Fsp3) is 0.211. The first kappa shape index (κ1) is 17.1. The molecule has 27 heavy (non-hydrogen) atoms. The minimum atomic E-state index is -0.794. The first-order valence-electron chi connectivity index (χ1n) is 8.42. The van der Waals surface area contributed by atoms with Gasteiger partial charge < -0.3 is 15.2 Å². The molecule has 1 amide bonds. The number of rotatable bonds is 4. The first-order valence-corrected chi connectivity index (χ1v) is 8.42. The second kappa shape index (κ2) is 6.79. The van der Waals surface area contributed by atoms with Crippen LogP contribution >= 0.6 is 0 Å². The molecule has 138 valence electrons. The van der Waals surface area contributed by atoms with Crippen LogP contribution in [-0.4, -0.2) is 22.1 Å². The molecule has 0 fully saturated rings. The molecule has 0 saturated heterocycles. The zero-order valence-electron chi connectivity index (χ0n) is 14.4. The maximum Gasteiger partial charge on any atom is 0.263 e. The molecule has 0 spiro atoms. The maximum absolute atomic E-state index is 13.8. The largest absolute Gasteiger partial charge is 0.373 e. The molecule has 2 aromatic carbocycles. The van der Waals surface area contributed by atoms with Gasteiger partial charge in [-0.1, -0.05) is 28.9 Å². The molecule has 1 unspecified atom stereocenters. The van der Waals surface area contributed by atoms with Gasteiger partial charge in [0.25, 0.3) is 5.89 Å². The molecule has 0 saturated carbocycles. The van der Waals surface area contributed by atoms with Gasteiger partial charge in [-0.3, -0.25) is 4.79 Å². The Morgan fingerprint density at radius 3 is 2.85 bits per heavy atom. The highest BCUT2D eigenvalue weighted by molar-refractivity contribution is 5.87. The summed E-state index contributed by atoms with van der Waals surface area (Å²) in [6, 6.07) is 9.05. The molecule has 1 atom stereocenters. The van der Waals surface area contributed by atoms with Crippen LogP contribution in [0.15, 0.2) is 40.9 Å². The van der Waals surface area contributed by atoms with E-state index in [4.69, 9.17) is 4.52 Å². The lowest BCUT2D eigenvalue weighted by Crippen LogP contribution is -2.38. The van der Waals surface area contributed by atoms with E-state index in [9.17, 15) is 13.6 Å². The molecule has 4 rings (SSSR count). The Balaban J connectivity index is 1.40. The molecule has 1 aliphatic heterocycles. The monoisotopic (exact) mass is 370 g/mol. The number of amides is 1. The average Bonchev–Trinajstić information content (AvgIpc) is 3.26. The van der Waals surface area contributed by atoms with Gasteiger partial charge in [0.15, 0.2) is 5.82 Å². The van der Waals surface area contributed by atoms with Crippen LogP contribution in [0.5, 0.6) is 0 Å². The summed E-state index contributed by atoms with van der Waals surface area (Å²) in [5.41, 5.74) is 2.78. The number of halogens is 2. The third-order valence-electron chi connectivity index (χ3n) is 4.40. The van der Waals surface area contributed by atoms with Crippen molar-refractivity contribution >= 4 is 11.6 Å². The summed E-state index contributed by atoms with van der Waals surface area (Å²) < 4.78 is 32.5. The van der Waals surface area contributed by atoms with Gasteiger partial charge in [-0.2, -0.15) is 4.98 Å². The smallest absolute Gasteiger partial charge is 0.263 e. The summed E-state index contributed by atoms with van der Waals surface area (Å²) in [7, 11) is 0. The Morgan fingerprint density at radius 1 is 1.30 bits per heavy atom. The Hall–Kier alpha value is -3.29. The Kier molecular flexibility index (Phi) is 4.31. The van der Waals surface area contributed by atoms with Crippen molar-refractivity contribution in [1.29, 1.82) is 0 Å². The van der Waals surface area contributed by atoms with Crippen molar-refractivity contribution in [3.63, 3.8) is 0 Å². The molecule has 6 nitrogen and oxygen atoms in total. The van der Waals surface area contributed by atoms with E-state index in [1.165, 1.54) is 6.07 Å². The quantitative estimate of drug-likeness (QED) is 0.738. The number of hydrogen-bond acceptors (Lipinski definition) is 5. The van der Waals surface area contributed by atoms with Gasteiger partial charge in [0, 0.05) is 12.1 Å². The molecule has 8 heteroatoms. The molecule has 0 bridgehead atoms. The van der Waals surface area contributed by atoms with Crippen molar-refractivity contribution in [3.8, 4) is 11.5 Å². The Bertz CT molecular complexity index is 998. The number of fused-ring (bicyclic) bond motifs is 1. The van der Waals surface area contributed by atoms with Gasteiger partial charge in [-0.05, 0) is 30.7 Å². The molecule has 0 aliphatic carbocycles. The van der Waals surface area contributed by atoms with E-state index in [0.717, 1.165) is 28.9 Å². The summed E-state index contributed by atoms with van der Waals surface area (Å²) in [5, 5.41) is 9.55. The lowest BCUT2D eigenvalue weighted by atomic mass is 10.1. The van der Waals surface area contributed by atoms with Crippen LogP contribution in [0.2, 0.25) is 0 Å². The minimum absolute atomic E-state index is 0.00798. The zero-order chi connectivity index (χ0) is 19.0. The zero-order valence-corrected chi connectivity index (χ0v) is 14.4. The number of nitrogens with zero attached hydrogens (tertiary/aromatic N) is 2. The lowest BCUT2D eigenvalue weighted by Gasteiger charge is -2.10. The van der Waals surface area contributed by atoms with E-state index in [-0.39, 0.29) is 29.7 Å². The van der Waals surface area contributed by atoms with E-state index >= 15 is 0 Å². The van der Waals surface area contributed by atoms with Crippen LogP contribution in [0.4, 0.5) is 14.5 Å². The third-order valence-corrected chi connectivity index (χ3v) is 4.40. The van der Waals surface area contributed by atoms with Gasteiger partial charge in [0.05, 0.1) is 6.54 Å². The van der Waals surface area contributed by atoms with Gasteiger partial charge >= 0.3 is 0 Å². The molecule has 2 N–H and O–H groups in total. The van der Waals surface area contributed by atoms with E-state index in [1.807, 2.05) is 25.1 Å². The van der Waals surface area contributed by atoms with Crippen molar-refractivity contribution in [3.05, 3.63) is 65.0 Å². The summed E-state index contributed by atoms with van der Waals surface area (Å²) in [6.07, 6.45) is 0.584. The van der Waals surface area contributed by atoms with Crippen LogP contribution in [0.25, 0.3) is 11.5 Å². The van der Waals surface area contributed by atoms with Crippen molar-refractivity contribution < 1.29 is 18.1 Å². The normalized spacial score (nSPS) is 15.3. The van der Waals surface area contributed by atoms with E-state index in [1.54, 1.807) is 0 Å². The summed E-state index contributed by atoms with van der Waals surface area (Å²) in [4.78, 5) is 16.3. The molecule has 1 aliphatic rings. The number of anilines is 1. The summed E-state index contributed by atoms with van der Waals surface area (Å²) >= 11 is 0. The van der Waals surface area contributed by atoms with Crippen molar-refractivity contribution in [2.75, 3.05) is 5.32 Å². The highest BCUT2D eigenvalue weighted by Crippen LogP contribution is 2.27. The predicted molar refractivity (Wildman–Crippen MR) is 93.8 cm³/mol. The fourth-order valence-electron chi connectivity index (χ4n) is 3.07. The molecule has 2 heterocycles. The van der Waals surface area contributed by atoms with Crippen molar-refractivity contribution in [2.45, 2.75) is 25.9 Å². The second-order valence-electron chi connectivity index (χ2n) is 6.39. The standard InChI is InChI=1S/C19H16F2N4O2/c1-10-5-6-14-11(7-10)8-15(23-14)18(26)22-9-16-24-19(27-25-16)17-12(20)3-2-4-13(17)21/h2-7,15,23H,8-9H2,1H3,(H,22,26). The van der Waals surface area contributed by atoms with E-state index in [2.05, 4.69) is 20.8 Å². The number of carbonyl (C=O) groups excluding carboxylic acids is 1. The SMILES string of the molecule is Cc1ccc2c(c1)CC(C(=O)NCc1noc(-c3c(F)cccc3F)n1)N2. The second-order valence-corrected chi connectivity index (χ2v) is 6.39. The highest BCUT2D eigenvalue weighted by atomic mass is 19.1. The van der Waals surface area contributed by atoms with Crippen LogP contribution in [0, 0.1) is 18.6 Å². The Labute approximate surface area is 153 Å². The van der Waals surface area contributed by atoms with Gasteiger partial charge in [0.1, 0.15) is 23.2 Å². The minimum Gasteiger partial charge on any atom is -0.373 e. The predicted octanol–water partition coefficient (Wildman–Crippen LogP) is 2.98. The number of benzene rings is 2. The topological polar surface area (TPSA) is 80.1 Å². The highest BCUT2D eigenvalue weighted by Gasteiger charge is 2.27. The molecule has 0 radical (unpaired) electrons. The molecule has 1 aromatic heterocycles.